The number of anilines is 1. The number of carbonyl (C=O) groups is 1. The van der Waals surface area contributed by atoms with Crippen LogP contribution in [0.2, 0.25) is 0 Å². The average Bonchev–Trinajstić information content (AvgIpc) is 2.74. The average molecular weight is 444 g/mol. The summed E-state index contributed by atoms with van der Waals surface area (Å²) in [5.41, 5.74) is 2.92. The van der Waals surface area contributed by atoms with Crippen LogP contribution in [-0.2, 0) is 19.9 Å². The van der Waals surface area contributed by atoms with E-state index in [1.165, 1.54) is 60.7 Å². The van der Waals surface area contributed by atoms with Crippen LogP contribution in [0.3, 0.4) is 0 Å². The van der Waals surface area contributed by atoms with Crippen LogP contribution in [0.15, 0.2) is 99.8 Å². The summed E-state index contributed by atoms with van der Waals surface area (Å²) in [5, 5.41) is 8.21. The fourth-order valence-corrected chi connectivity index (χ4v) is 4.27. The van der Waals surface area contributed by atoms with Gasteiger partial charge in [-0.05, 0) is 36.4 Å². The van der Waals surface area contributed by atoms with Crippen molar-refractivity contribution in [2.24, 2.45) is 10.2 Å². The molecule has 0 aliphatic rings. The number of ketones is 1. The first-order chi connectivity index (χ1) is 14.2. The van der Waals surface area contributed by atoms with E-state index >= 15 is 0 Å². The van der Waals surface area contributed by atoms with Crippen molar-refractivity contribution in [3.8, 4) is 0 Å². The largest absolute Gasteiger partial charge is 0.286 e. The number of nitrogens with one attached hydrogen (secondary N) is 1. The lowest BCUT2D eigenvalue weighted by Crippen LogP contribution is -2.26. The van der Waals surface area contributed by atoms with Crippen LogP contribution in [0.5, 0.6) is 0 Å². The van der Waals surface area contributed by atoms with Crippen molar-refractivity contribution >= 4 is 36.4 Å². The maximum absolute atomic E-state index is 13.1. The van der Waals surface area contributed by atoms with E-state index in [1.54, 1.807) is 24.3 Å². The van der Waals surface area contributed by atoms with Crippen molar-refractivity contribution in [3.05, 3.63) is 90.5 Å². The summed E-state index contributed by atoms with van der Waals surface area (Å²) in [6.45, 7) is 0. The molecule has 3 N–H and O–H groups in total. The molecule has 154 valence electrons. The summed E-state index contributed by atoms with van der Waals surface area (Å²) < 4.78 is 48.8. The maximum Gasteiger partial charge on any atom is 0.238 e. The van der Waals surface area contributed by atoms with Gasteiger partial charge in [0.25, 0.3) is 0 Å². The SMILES string of the molecule is NS(=O)(=O)c1ccc(N/N=C(\C(=O)c2ccccc2)S(=O)(=O)c2ccccc2)cc1. The van der Waals surface area contributed by atoms with Crippen LogP contribution in [0.4, 0.5) is 5.69 Å². The molecule has 0 atom stereocenters. The first kappa shape index (κ1) is 21.4. The molecule has 0 aromatic heterocycles. The van der Waals surface area contributed by atoms with Gasteiger partial charge in [-0.1, -0.05) is 48.5 Å². The van der Waals surface area contributed by atoms with Crippen LogP contribution in [0, 0.1) is 0 Å². The Morgan fingerprint density at radius 2 is 1.27 bits per heavy atom. The molecule has 0 fully saturated rings. The third-order valence-electron chi connectivity index (χ3n) is 4.01. The Kier molecular flexibility index (Phi) is 6.11. The third kappa shape index (κ3) is 4.79. The standard InChI is InChI=1S/C20H17N3O5S2/c21-30(27,28)18-13-11-16(12-14-18)22-23-20(19(24)15-7-3-1-4-8-15)29(25,26)17-9-5-2-6-10-17/h1-14,22H,(H2,21,27,28)/b23-20+. The Balaban J connectivity index is 2.02. The number of nitrogens with zero attached hydrogens (tertiary/aromatic N) is 1. The number of hydrazone groups is 1. The van der Waals surface area contributed by atoms with Crippen LogP contribution < -0.4 is 10.6 Å². The molecule has 10 heteroatoms. The Bertz CT molecular complexity index is 1290. The van der Waals surface area contributed by atoms with Crippen molar-refractivity contribution < 1.29 is 21.6 Å². The molecule has 0 aliphatic heterocycles. The number of benzene rings is 3. The van der Waals surface area contributed by atoms with Crippen molar-refractivity contribution in [3.63, 3.8) is 0 Å². The highest BCUT2D eigenvalue weighted by molar-refractivity contribution is 8.08. The molecular weight excluding hydrogens is 426 g/mol. The second-order valence-corrected chi connectivity index (χ2v) is 9.54. The zero-order valence-corrected chi connectivity index (χ0v) is 17.1. The van der Waals surface area contributed by atoms with Gasteiger partial charge in [-0.2, -0.15) is 5.10 Å². The number of sulfone groups is 1. The number of sulfonamides is 1. The second kappa shape index (κ2) is 8.57. The highest BCUT2D eigenvalue weighted by Crippen LogP contribution is 2.17. The molecular formula is C20H17N3O5S2. The van der Waals surface area contributed by atoms with E-state index < -0.39 is 30.7 Å². The van der Waals surface area contributed by atoms with Gasteiger partial charge in [0.15, 0.2) is 0 Å². The Morgan fingerprint density at radius 3 is 1.80 bits per heavy atom. The Labute approximate surface area is 174 Å². The van der Waals surface area contributed by atoms with E-state index in [9.17, 15) is 21.6 Å². The minimum absolute atomic E-state index is 0.0839. The summed E-state index contributed by atoms with van der Waals surface area (Å²) in [5.74, 6) is -0.784. The molecule has 8 nitrogen and oxygen atoms in total. The van der Waals surface area contributed by atoms with Gasteiger partial charge >= 0.3 is 0 Å². The summed E-state index contributed by atoms with van der Waals surface area (Å²) in [6, 6.07) is 20.5. The van der Waals surface area contributed by atoms with Gasteiger partial charge in [-0.25, -0.2) is 22.0 Å². The fraction of sp³-hybridized carbons (Fsp3) is 0. The fourth-order valence-electron chi connectivity index (χ4n) is 2.49. The quantitative estimate of drug-likeness (QED) is 0.260. The Morgan fingerprint density at radius 1 is 0.733 bits per heavy atom. The summed E-state index contributed by atoms with van der Waals surface area (Å²) >= 11 is 0. The first-order valence-corrected chi connectivity index (χ1v) is 11.6. The minimum atomic E-state index is -4.23. The zero-order chi connectivity index (χ0) is 21.8. The van der Waals surface area contributed by atoms with Gasteiger partial charge in [0, 0.05) is 5.56 Å². The molecule has 0 saturated carbocycles. The third-order valence-corrected chi connectivity index (χ3v) is 6.62. The molecule has 0 unspecified atom stereocenters. The van der Waals surface area contributed by atoms with Crippen molar-refractivity contribution in [1.82, 2.24) is 0 Å². The molecule has 0 saturated heterocycles. The predicted molar refractivity (Wildman–Crippen MR) is 113 cm³/mol. The van der Waals surface area contributed by atoms with Gasteiger partial charge in [0.05, 0.1) is 15.5 Å². The topological polar surface area (TPSA) is 136 Å². The number of hydrogen-bond acceptors (Lipinski definition) is 7. The molecule has 3 aromatic carbocycles. The van der Waals surface area contributed by atoms with Gasteiger partial charge in [-0.15, -0.1) is 0 Å². The van der Waals surface area contributed by atoms with Crippen LogP contribution in [0.1, 0.15) is 10.4 Å². The molecule has 0 amide bonds. The van der Waals surface area contributed by atoms with Gasteiger partial charge in [0.2, 0.25) is 30.7 Å². The van der Waals surface area contributed by atoms with Crippen LogP contribution in [-0.4, -0.2) is 27.7 Å². The van der Waals surface area contributed by atoms with E-state index in [1.807, 2.05) is 0 Å². The normalized spacial score (nSPS) is 12.4. The number of Topliss-reactive ketones (excluding diaryl/α,β-unsaturated/α-hetero) is 1. The molecule has 0 radical (unpaired) electrons. The lowest BCUT2D eigenvalue weighted by molar-refractivity contribution is 0.106. The first-order valence-electron chi connectivity index (χ1n) is 8.56. The predicted octanol–water partition coefficient (Wildman–Crippen LogP) is 2.42. The van der Waals surface area contributed by atoms with Gasteiger partial charge in [-0.3, -0.25) is 10.2 Å². The molecule has 3 rings (SSSR count). The number of nitrogens with two attached hydrogens (primary N) is 1. The number of hydrogen-bond donors (Lipinski definition) is 2. The maximum atomic E-state index is 13.1. The van der Waals surface area contributed by atoms with E-state index in [0.29, 0.717) is 0 Å². The molecule has 0 aliphatic carbocycles. The van der Waals surface area contributed by atoms with E-state index in [4.69, 9.17) is 5.14 Å². The lowest BCUT2D eigenvalue weighted by Gasteiger charge is -2.09. The number of primary sulfonamides is 1. The molecule has 0 spiro atoms. The van der Waals surface area contributed by atoms with Crippen molar-refractivity contribution in [2.75, 3.05) is 5.43 Å². The highest BCUT2D eigenvalue weighted by atomic mass is 32.2. The Hall–Kier alpha value is -3.34. The molecule has 0 bridgehead atoms. The molecule has 3 aromatic rings. The highest BCUT2D eigenvalue weighted by Gasteiger charge is 2.30. The van der Waals surface area contributed by atoms with E-state index in [0.717, 1.165) is 0 Å². The van der Waals surface area contributed by atoms with Gasteiger partial charge in [0.1, 0.15) is 0 Å². The minimum Gasteiger partial charge on any atom is -0.286 e. The summed E-state index contributed by atoms with van der Waals surface area (Å²) in [6.07, 6.45) is 0. The van der Waals surface area contributed by atoms with E-state index in [-0.39, 0.29) is 21.0 Å². The molecule has 0 heterocycles. The zero-order valence-electron chi connectivity index (χ0n) is 15.5. The van der Waals surface area contributed by atoms with E-state index in [2.05, 4.69) is 10.5 Å². The van der Waals surface area contributed by atoms with Crippen LogP contribution >= 0.6 is 0 Å². The van der Waals surface area contributed by atoms with Crippen molar-refractivity contribution in [2.45, 2.75) is 9.79 Å². The van der Waals surface area contributed by atoms with Gasteiger partial charge < -0.3 is 0 Å². The van der Waals surface area contributed by atoms with Crippen molar-refractivity contribution in [1.29, 1.82) is 0 Å². The molecule has 30 heavy (non-hydrogen) atoms. The smallest absolute Gasteiger partial charge is 0.238 e. The van der Waals surface area contributed by atoms with Crippen LogP contribution in [0.25, 0.3) is 0 Å². The number of carbonyl (C=O) groups excluding carboxylic acids is 1. The summed E-state index contributed by atoms with van der Waals surface area (Å²) in [7, 11) is -8.10. The lowest BCUT2D eigenvalue weighted by atomic mass is 10.1. The monoisotopic (exact) mass is 443 g/mol. The summed E-state index contributed by atoms with van der Waals surface area (Å²) in [4.78, 5) is 12.7. The second-order valence-electron chi connectivity index (χ2n) is 6.11. The number of rotatable bonds is 6.